The lowest BCUT2D eigenvalue weighted by Crippen LogP contribution is -2.08. The van der Waals surface area contributed by atoms with Crippen LogP contribution in [-0.4, -0.2) is 37.3 Å². The molecule has 9 heteroatoms. The van der Waals surface area contributed by atoms with Gasteiger partial charge in [-0.1, -0.05) is 23.2 Å². The summed E-state index contributed by atoms with van der Waals surface area (Å²) < 4.78 is 14.6. The van der Waals surface area contributed by atoms with Crippen LogP contribution in [0.4, 0.5) is 10.1 Å². The molecule has 0 saturated carbocycles. The Kier molecular flexibility index (Phi) is 5.52. The van der Waals surface area contributed by atoms with E-state index in [4.69, 9.17) is 28.3 Å². The summed E-state index contributed by atoms with van der Waals surface area (Å²) in [5.41, 5.74) is 1.23. The molecule has 3 N–H and O–H groups in total. The van der Waals surface area contributed by atoms with Crippen molar-refractivity contribution in [3.63, 3.8) is 0 Å². The van der Waals surface area contributed by atoms with Gasteiger partial charge in [-0.3, -0.25) is 4.98 Å². The molecule has 0 amide bonds. The van der Waals surface area contributed by atoms with Crippen molar-refractivity contribution in [3.8, 4) is 11.1 Å². The highest BCUT2D eigenvalue weighted by Gasteiger charge is 2.15. The molecular formula is C17H15Cl2FN4O2. The second-order valence-electron chi connectivity index (χ2n) is 5.62. The van der Waals surface area contributed by atoms with E-state index in [-0.39, 0.29) is 11.4 Å². The van der Waals surface area contributed by atoms with Crippen molar-refractivity contribution in [2.45, 2.75) is 18.5 Å². The van der Waals surface area contributed by atoms with E-state index in [0.717, 1.165) is 0 Å². The quantitative estimate of drug-likeness (QED) is 0.451. The lowest BCUT2D eigenvalue weighted by molar-refractivity contribution is 0.0886. The van der Waals surface area contributed by atoms with E-state index in [1.54, 1.807) is 13.0 Å². The predicted octanol–water partition coefficient (Wildman–Crippen LogP) is 3.51. The fourth-order valence-corrected chi connectivity index (χ4v) is 2.80. The topological polar surface area (TPSA) is 91.2 Å². The molecular weight excluding hydrogens is 382 g/mol. The third-order valence-corrected chi connectivity index (χ3v) is 4.10. The highest BCUT2D eigenvalue weighted by Crippen LogP contribution is 2.34. The molecule has 2 heterocycles. The molecule has 2 aromatic heterocycles. The van der Waals surface area contributed by atoms with Crippen molar-refractivity contribution in [3.05, 3.63) is 47.4 Å². The van der Waals surface area contributed by atoms with Gasteiger partial charge in [-0.05, 0) is 13.0 Å². The molecule has 6 nitrogen and oxygen atoms in total. The smallest absolute Gasteiger partial charge is 0.159 e. The van der Waals surface area contributed by atoms with E-state index in [0.29, 0.717) is 27.2 Å². The lowest BCUT2D eigenvalue weighted by Gasteiger charge is -2.14. The highest BCUT2D eigenvalue weighted by atomic mass is 35.5. The first-order chi connectivity index (χ1) is 12.4. The highest BCUT2D eigenvalue weighted by molar-refractivity contribution is 6.35. The number of aliphatic hydroxyl groups is 2. The molecule has 1 aromatic carbocycles. The number of nitrogens with one attached hydrogen (secondary N) is 1. The van der Waals surface area contributed by atoms with Crippen LogP contribution in [0, 0.1) is 5.82 Å². The average molecular weight is 397 g/mol. The molecule has 0 aliphatic carbocycles. The average Bonchev–Trinajstić information content (AvgIpc) is 2.63. The van der Waals surface area contributed by atoms with Gasteiger partial charge in [0.1, 0.15) is 11.9 Å². The Bertz CT molecular complexity index is 938. The first kappa shape index (κ1) is 18.7. The first-order valence-electron chi connectivity index (χ1n) is 7.70. The van der Waals surface area contributed by atoms with Gasteiger partial charge in [0, 0.05) is 41.2 Å². The predicted molar refractivity (Wildman–Crippen MR) is 98.7 cm³/mol. The van der Waals surface area contributed by atoms with Gasteiger partial charge < -0.3 is 15.5 Å². The normalized spacial score (nSPS) is 13.6. The Morgan fingerprint density at radius 2 is 1.88 bits per heavy atom. The monoisotopic (exact) mass is 396 g/mol. The van der Waals surface area contributed by atoms with Gasteiger partial charge in [-0.15, -0.1) is 0 Å². The van der Waals surface area contributed by atoms with Gasteiger partial charge >= 0.3 is 0 Å². The number of aromatic nitrogens is 3. The number of alkyl halides is 1. The van der Waals surface area contributed by atoms with Crippen molar-refractivity contribution in [2.75, 3.05) is 11.9 Å². The number of hydrogen-bond acceptors (Lipinski definition) is 6. The minimum absolute atomic E-state index is 0.0560. The van der Waals surface area contributed by atoms with Crippen molar-refractivity contribution >= 4 is 39.8 Å². The van der Waals surface area contributed by atoms with Crippen LogP contribution >= 0.6 is 23.2 Å². The third kappa shape index (κ3) is 3.71. The van der Waals surface area contributed by atoms with Gasteiger partial charge in [0.15, 0.2) is 5.82 Å². The summed E-state index contributed by atoms with van der Waals surface area (Å²) >= 11 is 12.2. The number of anilines is 1. The maximum atomic E-state index is 14.6. The van der Waals surface area contributed by atoms with E-state index >= 15 is 0 Å². The molecule has 0 aliphatic rings. The van der Waals surface area contributed by atoms with Crippen molar-refractivity contribution in [2.24, 2.45) is 0 Å². The van der Waals surface area contributed by atoms with Crippen LogP contribution in [0.1, 0.15) is 18.9 Å². The van der Waals surface area contributed by atoms with Gasteiger partial charge in [0.2, 0.25) is 0 Å². The molecule has 0 radical (unpaired) electrons. The number of benzene rings is 1. The van der Waals surface area contributed by atoms with Gasteiger partial charge in [0.25, 0.3) is 0 Å². The Balaban J connectivity index is 2.12. The standard InChI is InChI=1S/C17H15Cl2FN4O2/c1-8(18)24-16-11-2-10(13(20)3-14(11)21-6-12(16)19)9-4-22-17(23-5-9)15(26)7-25/h2-6,8,15,25-26H,7H2,1H3,(H,21,24). The number of fused-ring (bicyclic) bond motifs is 1. The molecule has 0 fully saturated rings. The van der Waals surface area contributed by atoms with Crippen LogP contribution in [0.2, 0.25) is 5.02 Å². The van der Waals surface area contributed by atoms with Crippen LogP contribution in [0.5, 0.6) is 0 Å². The molecule has 3 aromatic rings. The number of pyridine rings is 1. The summed E-state index contributed by atoms with van der Waals surface area (Å²) in [7, 11) is 0. The number of aliphatic hydroxyl groups excluding tert-OH is 2. The molecule has 3 rings (SSSR count). The third-order valence-electron chi connectivity index (χ3n) is 3.71. The van der Waals surface area contributed by atoms with Crippen LogP contribution in [0.25, 0.3) is 22.0 Å². The minimum atomic E-state index is -1.19. The van der Waals surface area contributed by atoms with Gasteiger partial charge in [0.05, 0.1) is 28.3 Å². The fourth-order valence-electron chi connectivity index (χ4n) is 2.49. The van der Waals surface area contributed by atoms with Crippen LogP contribution in [0.15, 0.2) is 30.7 Å². The molecule has 0 bridgehead atoms. The number of nitrogens with zero attached hydrogens (tertiary/aromatic N) is 3. The Labute approximate surface area is 158 Å². The van der Waals surface area contributed by atoms with Crippen molar-refractivity contribution in [1.29, 1.82) is 0 Å². The molecule has 26 heavy (non-hydrogen) atoms. The Hall–Kier alpha value is -2.06. The van der Waals surface area contributed by atoms with E-state index in [1.807, 2.05) is 0 Å². The molecule has 0 spiro atoms. The van der Waals surface area contributed by atoms with Gasteiger partial charge in [-0.25, -0.2) is 14.4 Å². The number of hydrogen-bond donors (Lipinski definition) is 3. The Morgan fingerprint density at radius 3 is 2.50 bits per heavy atom. The van der Waals surface area contributed by atoms with E-state index in [9.17, 15) is 9.50 Å². The first-order valence-corrected chi connectivity index (χ1v) is 8.51. The second kappa shape index (κ2) is 7.67. The van der Waals surface area contributed by atoms with E-state index < -0.39 is 24.0 Å². The summed E-state index contributed by atoms with van der Waals surface area (Å²) in [6.45, 7) is 1.24. The lowest BCUT2D eigenvalue weighted by atomic mass is 10.0. The Morgan fingerprint density at radius 1 is 1.19 bits per heavy atom. The SMILES string of the molecule is CC(Cl)Nc1c(Cl)cnc2cc(F)c(-c3cnc(C(O)CO)nc3)cc12. The molecule has 0 aliphatic heterocycles. The molecule has 2 atom stereocenters. The summed E-state index contributed by atoms with van der Waals surface area (Å²) in [6, 6.07) is 2.88. The summed E-state index contributed by atoms with van der Waals surface area (Å²) in [6.07, 6.45) is 3.00. The molecule has 136 valence electrons. The zero-order valence-electron chi connectivity index (χ0n) is 13.6. The second-order valence-corrected chi connectivity index (χ2v) is 6.68. The van der Waals surface area contributed by atoms with E-state index in [2.05, 4.69) is 20.3 Å². The maximum absolute atomic E-state index is 14.6. The number of rotatable bonds is 5. The van der Waals surface area contributed by atoms with Gasteiger partial charge in [-0.2, -0.15) is 0 Å². The van der Waals surface area contributed by atoms with E-state index in [1.165, 1.54) is 24.7 Å². The summed E-state index contributed by atoms with van der Waals surface area (Å²) in [5, 5.41) is 22.5. The number of halogens is 3. The minimum Gasteiger partial charge on any atom is -0.393 e. The maximum Gasteiger partial charge on any atom is 0.159 e. The zero-order valence-corrected chi connectivity index (χ0v) is 15.1. The van der Waals surface area contributed by atoms with Crippen LogP contribution in [0.3, 0.4) is 0 Å². The zero-order chi connectivity index (χ0) is 18.8. The molecule has 2 unspecified atom stereocenters. The van der Waals surface area contributed by atoms with Crippen LogP contribution < -0.4 is 5.32 Å². The molecule has 0 saturated heterocycles. The summed E-state index contributed by atoms with van der Waals surface area (Å²) in [4.78, 5) is 12.1. The largest absolute Gasteiger partial charge is 0.393 e. The summed E-state index contributed by atoms with van der Waals surface area (Å²) in [5.74, 6) is -0.447. The van der Waals surface area contributed by atoms with Crippen LogP contribution in [-0.2, 0) is 0 Å². The van der Waals surface area contributed by atoms with Crippen molar-refractivity contribution in [1.82, 2.24) is 15.0 Å². The fraction of sp³-hybridized carbons (Fsp3) is 0.235. The van der Waals surface area contributed by atoms with Crippen molar-refractivity contribution < 1.29 is 14.6 Å².